The molecule has 0 atom stereocenters. The van der Waals surface area contributed by atoms with Gasteiger partial charge in [-0.15, -0.1) is 10.2 Å². The Morgan fingerprint density at radius 1 is 0.935 bits per heavy atom. The molecule has 2 heterocycles. The van der Waals surface area contributed by atoms with Gasteiger partial charge < -0.3 is 15.0 Å². The number of aromatic nitrogens is 2. The Hall–Kier alpha value is -3.41. The van der Waals surface area contributed by atoms with Crippen LogP contribution in [0.4, 0.5) is 11.5 Å². The number of carbonyl (C=O) groups is 1. The predicted molar refractivity (Wildman–Crippen MR) is 123 cm³/mol. The van der Waals surface area contributed by atoms with Crippen molar-refractivity contribution in [3.8, 4) is 17.0 Å². The van der Waals surface area contributed by atoms with Crippen LogP contribution in [0.5, 0.6) is 5.75 Å². The molecule has 0 radical (unpaired) electrons. The van der Waals surface area contributed by atoms with Gasteiger partial charge >= 0.3 is 0 Å². The van der Waals surface area contributed by atoms with Crippen LogP contribution in [0, 0.1) is 0 Å². The van der Waals surface area contributed by atoms with E-state index < -0.39 is 0 Å². The van der Waals surface area contributed by atoms with Crippen molar-refractivity contribution in [2.24, 2.45) is 0 Å². The quantitative estimate of drug-likeness (QED) is 0.604. The summed E-state index contributed by atoms with van der Waals surface area (Å²) in [6.07, 6.45) is 4.85. The summed E-state index contributed by atoms with van der Waals surface area (Å²) in [6.45, 7) is 2.11. The number of nitrogens with zero attached hydrogens (tertiary/aromatic N) is 3. The van der Waals surface area contributed by atoms with Crippen LogP contribution in [0.3, 0.4) is 0 Å². The molecule has 0 aliphatic carbocycles. The summed E-state index contributed by atoms with van der Waals surface area (Å²) < 4.78 is 5.16. The van der Waals surface area contributed by atoms with Gasteiger partial charge in [0, 0.05) is 30.8 Å². The highest BCUT2D eigenvalue weighted by atomic mass is 16.5. The Bertz CT molecular complexity index is 980. The minimum Gasteiger partial charge on any atom is -0.497 e. The van der Waals surface area contributed by atoms with Crippen molar-refractivity contribution in [3.05, 3.63) is 66.2 Å². The van der Waals surface area contributed by atoms with Crippen LogP contribution in [0.15, 0.2) is 60.7 Å². The van der Waals surface area contributed by atoms with Gasteiger partial charge in [-0.3, -0.25) is 4.79 Å². The summed E-state index contributed by atoms with van der Waals surface area (Å²) >= 11 is 0. The van der Waals surface area contributed by atoms with Crippen LogP contribution in [0.1, 0.15) is 31.2 Å². The Morgan fingerprint density at radius 3 is 2.32 bits per heavy atom. The van der Waals surface area contributed by atoms with Gasteiger partial charge in [0.15, 0.2) is 5.82 Å². The average Bonchev–Trinajstić information content (AvgIpc) is 2.84. The highest BCUT2D eigenvalue weighted by Crippen LogP contribution is 2.22. The normalized spacial score (nSPS) is 13.6. The number of aryl methyl sites for hydroxylation is 1. The van der Waals surface area contributed by atoms with Crippen LogP contribution >= 0.6 is 0 Å². The lowest BCUT2D eigenvalue weighted by atomic mass is 10.1. The Morgan fingerprint density at radius 2 is 1.68 bits per heavy atom. The second kappa shape index (κ2) is 10.1. The van der Waals surface area contributed by atoms with Gasteiger partial charge in [0.2, 0.25) is 5.91 Å². The van der Waals surface area contributed by atoms with Crippen molar-refractivity contribution >= 4 is 17.4 Å². The van der Waals surface area contributed by atoms with Crippen molar-refractivity contribution in [1.82, 2.24) is 10.2 Å². The fourth-order valence-corrected chi connectivity index (χ4v) is 3.77. The van der Waals surface area contributed by atoms with E-state index >= 15 is 0 Å². The third kappa shape index (κ3) is 5.60. The Balaban J connectivity index is 1.30. The lowest BCUT2D eigenvalue weighted by Gasteiger charge is -2.27. The molecule has 1 aliphatic rings. The molecule has 160 valence electrons. The van der Waals surface area contributed by atoms with Gasteiger partial charge in [-0.05, 0) is 67.6 Å². The Labute approximate surface area is 183 Å². The number of hydrogen-bond acceptors (Lipinski definition) is 5. The number of ether oxygens (including phenoxy) is 1. The molecule has 1 saturated heterocycles. The molecule has 1 aliphatic heterocycles. The number of nitrogens with one attached hydrogen (secondary N) is 1. The molecule has 1 aromatic heterocycles. The summed E-state index contributed by atoms with van der Waals surface area (Å²) in [5, 5.41) is 11.8. The van der Waals surface area contributed by atoms with E-state index in [1.807, 2.05) is 60.7 Å². The molecule has 6 heteroatoms. The van der Waals surface area contributed by atoms with Gasteiger partial charge in [0.1, 0.15) is 5.75 Å². The topological polar surface area (TPSA) is 67.3 Å². The molecule has 0 saturated carbocycles. The zero-order chi connectivity index (χ0) is 21.5. The first-order valence-corrected chi connectivity index (χ1v) is 10.8. The fourth-order valence-electron chi connectivity index (χ4n) is 3.77. The predicted octanol–water partition coefficient (Wildman–Crippen LogP) is 4.71. The molecule has 2 aromatic carbocycles. The first kappa shape index (κ1) is 20.8. The van der Waals surface area contributed by atoms with E-state index in [0.717, 1.165) is 47.2 Å². The van der Waals surface area contributed by atoms with E-state index in [0.29, 0.717) is 12.8 Å². The molecule has 0 spiro atoms. The second-order valence-electron chi connectivity index (χ2n) is 7.80. The summed E-state index contributed by atoms with van der Waals surface area (Å²) in [5.74, 6) is 1.76. The third-order valence-electron chi connectivity index (χ3n) is 5.59. The van der Waals surface area contributed by atoms with Crippen molar-refractivity contribution in [3.63, 3.8) is 0 Å². The maximum Gasteiger partial charge on any atom is 0.224 e. The number of anilines is 2. The van der Waals surface area contributed by atoms with Crippen molar-refractivity contribution in [2.45, 2.75) is 32.1 Å². The molecule has 3 aromatic rings. The third-order valence-corrected chi connectivity index (χ3v) is 5.59. The number of amides is 1. The molecule has 0 unspecified atom stereocenters. The van der Waals surface area contributed by atoms with Gasteiger partial charge in [-0.2, -0.15) is 0 Å². The zero-order valence-electron chi connectivity index (χ0n) is 17.9. The van der Waals surface area contributed by atoms with Crippen molar-refractivity contribution < 1.29 is 9.53 Å². The molecule has 1 amide bonds. The number of benzene rings is 2. The molecule has 6 nitrogen and oxygen atoms in total. The number of hydrogen-bond donors (Lipinski definition) is 1. The Kier molecular flexibility index (Phi) is 6.77. The van der Waals surface area contributed by atoms with Gasteiger partial charge in [-0.25, -0.2) is 0 Å². The number of methoxy groups -OCH3 is 1. The summed E-state index contributed by atoms with van der Waals surface area (Å²) in [5.41, 5.74) is 3.70. The summed E-state index contributed by atoms with van der Waals surface area (Å²) in [7, 11) is 1.64. The summed E-state index contributed by atoms with van der Waals surface area (Å²) in [6, 6.07) is 19.6. The SMILES string of the molecule is COc1ccc(CCC(=O)Nc2ccc(-c3ccc(N4CCCCC4)nn3)cc2)cc1. The largest absolute Gasteiger partial charge is 0.497 e. The molecule has 4 rings (SSSR count). The van der Waals surface area contributed by atoms with Crippen LogP contribution in [-0.2, 0) is 11.2 Å². The van der Waals surface area contributed by atoms with Crippen LogP contribution in [0.2, 0.25) is 0 Å². The fraction of sp³-hybridized carbons (Fsp3) is 0.320. The van der Waals surface area contributed by atoms with Crippen LogP contribution in [-0.4, -0.2) is 36.3 Å². The van der Waals surface area contributed by atoms with Crippen LogP contribution in [0.25, 0.3) is 11.3 Å². The number of rotatable bonds is 7. The molecule has 31 heavy (non-hydrogen) atoms. The highest BCUT2D eigenvalue weighted by molar-refractivity contribution is 5.91. The monoisotopic (exact) mass is 416 g/mol. The zero-order valence-corrected chi connectivity index (χ0v) is 17.9. The molecule has 1 N–H and O–H groups in total. The van der Waals surface area contributed by atoms with Gasteiger partial charge in [-0.1, -0.05) is 24.3 Å². The minimum atomic E-state index is -0.00533. The lowest BCUT2D eigenvalue weighted by molar-refractivity contribution is -0.116. The van der Waals surface area contributed by atoms with Crippen molar-refractivity contribution in [2.75, 3.05) is 30.4 Å². The standard InChI is InChI=1S/C25H28N4O2/c1-31-22-12-5-19(6-13-22)7-16-25(30)26-21-10-8-20(9-11-21)23-14-15-24(28-27-23)29-17-3-2-4-18-29/h5-6,8-15H,2-4,7,16-18H2,1H3,(H,26,30). The summed E-state index contributed by atoms with van der Waals surface area (Å²) in [4.78, 5) is 14.6. The molecular formula is C25H28N4O2. The molecular weight excluding hydrogens is 388 g/mol. The first-order valence-electron chi connectivity index (χ1n) is 10.8. The van der Waals surface area contributed by atoms with E-state index in [1.165, 1.54) is 19.3 Å². The molecule has 0 bridgehead atoms. The van der Waals surface area contributed by atoms with E-state index in [1.54, 1.807) is 7.11 Å². The maximum atomic E-state index is 12.3. The number of piperidine rings is 1. The van der Waals surface area contributed by atoms with Crippen LogP contribution < -0.4 is 15.0 Å². The van der Waals surface area contributed by atoms with E-state index in [2.05, 4.69) is 20.4 Å². The van der Waals surface area contributed by atoms with Gasteiger partial charge in [0.05, 0.1) is 12.8 Å². The minimum absolute atomic E-state index is 0.00533. The smallest absolute Gasteiger partial charge is 0.224 e. The lowest BCUT2D eigenvalue weighted by Crippen LogP contribution is -2.30. The maximum absolute atomic E-state index is 12.3. The van der Waals surface area contributed by atoms with E-state index in [-0.39, 0.29) is 5.91 Å². The second-order valence-corrected chi connectivity index (χ2v) is 7.80. The molecule has 1 fully saturated rings. The van der Waals surface area contributed by atoms with E-state index in [9.17, 15) is 4.79 Å². The van der Waals surface area contributed by atoms with Gasteiger partial charge in [0.25, 0.3) is 0 Å². The van der Waals surface area contributed by atoms with Crippen molar-refractivity contribution in [1.29, 1.82) is 0 Å². The van der Waals surface area contributed by atoms with E-state index in [4.69, 9.17) is 4.74 Å². The highest BCUT2D eigenvalue weighted by Gasteiger charge is 2.13. The first-order chi connectivity index (χ1) is 15.2. The number of carbonyl (C=O) groups excluding carboxylic acids is 1. The average molecular weight is 417 g/mol.